The van der Waals surface area contributed by atoms with Crippen molar-refractivity contribution in [3.05, 3.63) is 33.1 Å². The molecule has 2 aliphatic heterocycles. The van der Waals surface area contributed by atoms with E-state index in [-0.39, 0.29) is 12.7 Å². The molecule has 2 aliphatic rings. The predicted octanol–water partition coefficient (Wildman–Crippen LogP) is 0.151. The van der Waals surface area contributed by atoms with Crippen molar-refractivity contribution in [3.63, 3.8) is 0 Å². The Bertz CT molecular complexity index is 923. The maximum absolute atomic E-state index is 15.6. The van der Waals surface area contributed by atoms with Crippen LogP contribution in [0.15, 0.2) is 21.9 Å². The van der Waals surface area contributed by atoms with Gasteiger partial charge in [-0.2, -0.15) is 9.42 Å². The number of carbonyl (C=O) groups excluding carboxylic acids is 1. The van der Waals surface area contributed by atoms with Crippen LogP contribution in [0.3, 0.4) is 0 Å². The Balaban J connectivity index is 1.74. The van der Waals surface area contributed by atoms with Crippen molar-refractivity contribution in [3.8, 4) is 0 Å². The number of esters is 1. The SMILES string of the molecule is CC(C)OC(=O)[C@H](C)N[P+]1(O)OCO[C@@H]2[C@@H](CO1)O[C@@H](n1ccc(=O)[nH]c1=O)[C@]2(C)F. The number of nitrogens with one attached hydrogen (secondary N) is 2. The molecule has 3 heterocycles. The summed E-state index contributed by atoms with van der Waals surface area (Å²) < 4.78 is 43.4. The molecule has 12 nitrogen and oxygen atoms in total. The average Bonchev–Trinajstić information content (AvgIpc) is 2.88. The van der Waals surface area contributed by atoms with E-state index in [9.17, 15) is 19.3 Å². The quantitative estimate of drug-likeness (QED) is 0.404. The molecule has 2 fully saturated rings. The van der Waals surface area contributed by atoms with Crippen LogP contribution in [0.5, 0.6) is 0 Å². The number of ether oxygens (including phenoxy) is 3. The van der Waals surface area contributed by atoms with Gasteiger partial charge < -0.3 is 14.2 Å². The zero-order valence-corrected chi connectivity index (χ0v) is 18.3. The molecule has 0 radical (unpaired) electrons. The highest BCUT2D eigenvalue weighted by Gasteiger charge is 2.60. The fourth-order valence-electron chi connectivity index (χ4n) is 3.31. The minimum atomic E-state index is -3.78. The molecule has 0 aliphatic carbocycles. The van der Waals surface area contributed by atoms with Gasteiger partial charge in [-0.25, -0.2) is 9.18 Å². The van der Waals surface area contributed by atoms with Gasteiger partial charge in [0.2, 0.25) is 0 Å². The fourth-order valence-corrected chi connectivity index (χ4v) is 4.68. The van der Waals surface area contributed by atoms with E-state index in [1.54, 1.807) is 13.8 Å². The van der Waals surface area contributed by atoms with Crippen LogP contribution in [-0.2, 0) is 28.1 Å². The van der Waals surface area contributed by atoms with E-state index in [0.717, 1.165) is 16.8 Å². The van der Waals surface area contributed by atoms with E-state index >= 15 is 4.39 Å². The second-order valence-corrected chi connectivity index (χ2v) is 9.50. The number of halogens is 1. The van der Waals surface area contributed by atoms with Gasteiger partial charge in [0.1, 0.15) is 24.9 Å². The lowest BCUT2D eigenvalue weighted by Crippen LogP contribution is -2.47. The zero-order chi connectivity index (χ0) is 23.0. The van der Waals surface area contributed by atoms with Crippen molar-refractivity contribution in [1.82, 2.24) is 14.6 Å². The molecule has 1 aromatic heterocycles. The number of rotatable bonds is 5. The minimum absolute atomic E-state index is 0.352. The van der Waals surface area contributed by atoms with Crippen LogP contribution < -0.4 is 16.3 Å². The third-order valence-corrected chi connectivity index (χ3v) is 6.40. The van der Waals surface area contributed by atoms with E-state index < -0.39 is 62.3 Å². The number of alkyl halides is 1. The topological polar surface area (TPSA) is 150 Å². The molecular weight excluding hydrogens is 440 g/mol. The van der Waals surface area contributed by atoms with Crippen molar-refractivity contribution < 1.29 is 37.3 Å². The Labute approximate surface area is 177 Å². The number of aromatic amines is 1. The summed E-state index contributed by atoms with van der Waals surface area (Å²) in [7, 11) is -3.78. The van der Waals surface area contributed by atoms with Gasteiger partial charge >= 0.3 is 19.8 Å². The third-order valence-electron chi connectivity index (χ3n) is 4.74. The number of hydrogen-bond acceptors (Lipinski definition) is 10. The molecular formula is C17H26FN3O9P+. The number of carbonyl (C=O) groups is 1. The number of nitrogens with zero attached hydrogens (tertiary/aromatic N) is 1. The highest BCUT2D eigenvalue weighted by molar-refractivity contribution is 7.58. The maximum atomic E-state index is 15.6. The van der Waals surface area contributed by atoms with E-state index in [1.807, 2.05) is 4.98 Å². The van der Waals surface area contributed by atoms with Gasteiger partial charge in [-0.3, -0.25) is 19.1 Å². The molecule has 31 heavy (non-hydrogen) atoms. The van der Waals surface area contributed by atoms with Crippen molar-refractivity contribution in [2.24, 2.45) is 0 Å². The lowest BCUT2D eigenvalue weighted by Gasteiger charge is -2.30. The second kappa shape index (κ2) is 9.02. The third kappa shape index (κ3) is 5.20. The predicted molar refractivity (Wildman–Crippen MR) is 104 cm³/mol. The van der Waals surface area contributed by atoms with Gasteiger partial charge in [0.15, 0.2) is 18.7 Å². The van der Waals surface area contributed by atoms with Gasteiger partial charge in [0.05, 0.1) is 6.10 Å². The van der Waals surface area contributed by atoms with Crippen LogP contribution in [0.4, 0.5) is 4.39 Å². The van der Waals surface area contributed by atoms with Crippen LogP contribution in [0, 0.1) is 0 Å². The Hall–Kier alpha value is -1.73. The summed E-state index contributed by atoms with van der Waals surface area (Å²) in [6.07, 6.45) is -2.88. The molecule has 3 rings (SSSR count). The maximum Gasteiger partial charge on any atom is 0.502 e. The molecule has 2 saturated heterocycles. The summed E-state index contributed by atoms with van der Waals surface area (Å²) in [5.41, 5.74) is -3.68. The normalized spacial score (nSPS) is 34.6. The molecule has 14 heteroatoms. The molecule has 1 unspecified atom stereocenters. The Morgan fingerprint density at radius 2 is 2.13 bits per heavy atom. The van der Waals surface area contributed by atoms with Crippen LogP contribution in [0.25, 0.3) is 0 Å². The minimum Gasteiger partial charge on any atom is -0.462 e. The van der Waals surface area contributed by atoms with E-state index in [2.05, 4.69) is 5.09 Å². The van der Waals surface area contributed by atoms with Crippen LogP contribution in [-0.4, -0.2) is 63.8 Å². The highest BCUT2D eigenvalue weighted by atomic mass is 31.2. The first-order chi connectivity index (χ1) is 14.4. The van der Waals surface area contributed by atoms with Crippen molar-refractivity contribution >= 4 is 14.1 Å². The largest absolute Gasteiger partial charge is 0.502 e. The Morgan fingerprint density at radius 1 is 1.42 bits per heavy atom. The van der Waals surface area contributed by atoms with Gasteiger partial charge in [-0.1, -0.05) is 0 Å². The van der Waals surface area contributed by atoms with E-state index in [4.69, 9.17) is 23.3 Å². The van der Waals surface area contributed by atoms with Gasteiger partial charge in [-0.05, 0) is 27.7 Å². The molecule has 0 bridgehead atoms. The molecule has 0 amide bonds. The molecule has 3 N–H and O–H groups in total. The fraction of sp³-hybridized carbons (Fsp3) is 0.706. The summed E-state index contributed by atoms with van der Waals surface area (Å²) in [6.45, 7) is 5.08. The molecule has 0 saturated carbocycles. The number of hydrogen-bond donors (Lipinski definition) is 3. The molecule has 0 aromatic carbocycles. The van der Waals surface area contributed by atoms with Crippen molar-refractivity contribution in [2.45, 2.75) is 63.9 Å². The monoisotopic (exact) mass is 466 g/mol. The summed E-state index contributed by atoms with van der Waals surface area (Å²) in [6, 6.07) is 0.104. The second-order valence-electron chi connectivity index (χ2n) is 7.68. The van der Waals surface area contributed by atoms with Crippen LogP contribution >= 0.6 is 8.09 Å². The van der Waals surface area contributed by atoms with Gasteiger partial charge in [0.25, 0.3) is 5.56 Å². The van der Waals surface area contributed by atoms with Gasteiger partial charge in [0, 0.05) is 12.3 Å². The first-order valence-corrected chi connectivity index (χ1v) is 11.2. The van der Waals surface area contributed by atoms with Crippen molar-refractivity contribution in [1.29, 1.82) is 0 Å². The van der Waals surface area contributed by atoms with Crippen LogP contribution in [0.2, 0.25) is 0 Å². The van der Waals surface area contributed by atoms with E-state index in [0.29, 0.717) is 0 Å². The molecule has 0 spiro atoms. The summed E-state index contributed by atoms with van der Waals surface area (Å²) in [5, 5.41) is 2.55. The lowest BCUT2D eigenvalue weighted by atomic mass is 9.98. The summed E-state index contributed by atoms with van der Waals surface area (Å²) >= 11 is 0. The van der Waals surface area contributed by atoms with Gasteiger partial charge in [-0.15, -0.1) is 9.61 Å². The standard InChI is InChI=1S/C17H25FN3O9P/c1-9(2)29-14(23)10(3)20-31(25)27-7-11-13(26-8-28-31)17(4,18)15(30-11)21-6-5-12(22)19-16(21)24/h5-6,9-11,13,15,20,25H,7-8H2,1-4H3/p+1/t10-,11+,13+,15+,17+,31?/m0/s1. The van der Waals surface area contributed by atoms with Crippen molar-refractivity contribution in [2.75, 3.05) is 13.4 Å². The Morgan fingerprint density at radius 3 is 2.77 bits per heavy atom. The first-order valence-electron chi connectivity index (χ1n) is 9.59. The Kier molecular flexibility index (Phi) is 6.96. The molecule has 1 aromatic rings. The smallest absolute Gasteiger partial charge is 0.462 e. The van der Waals surface area contributed by atoms with E-state index in [1.165, 1.54) is 13.8 Å². The summed E-state index contributed by atoms with van der Waals surface area (Å²) in [5.74, 6) is -0.623. The highest BCUT2D eigenvalue weighted by Crippen LogP contribution is 2.55. The number of aromatic nitrogens is 2. The molecule has 174 valence electrons. The number of fused-ring (bicyclic) bond motifs is 1. The first kappa shape index (κ1) is 23.9. The zero-order valence-electron chi connectivity index (χ0n) is 17.4. The summed E-state index contributed by atoms with van der Waals surface area (Å²) in [4.78, 5) is 48.1. The average molecular weight is 466 g/mol. The number of H-pyrrole nitrogens is 1. The lowest BCUT2D eigenvalue weighted by molar-refractivity contribution is -0.149. The van der Waals surface area contributed by atoms with Crippen LogP contribution in [0.1, 0.15) is 33.9 Å². The molecule has 6 atom stereocenters.